The van der Waals surface area contributed by atoms with Gasteiger partial charge in [0.25, 0.3) is 0 Å². The fourth-order valence-corrected chi connectivity index (χ4v) is 6.41. The minimum atomic E-state index is 0. The number of benzene rings is 2. The third kappa shape index (κ3) is 9.16. The van der Waals surface area contributed by atoms with Crippen LogP contribution in [0.2, 0.25) is 0 Å². The van der Waals surface area contributed by atoms with Gasteiger partial charge in [-0.25, -0.2) is 23.3 Å². The maximum atomic E-state index is 3.49. The molecule has 0 heterocycles. The van der Waals surface area contributed by atoms with E-state index < -0.39 is 0 Å². The molecular weight excluding hydrogens is 619 g/mol. The van der Waals surface area contributed by atoms with E-state index in [0.717, 1.165) is 25.7 Å². The van der Waals surface area contributed by atoms with E-state index in [-0.39, 0.29) is 51.0 Å². The second-order valence-corrected chi connectivity index (χ2v) is 10.9. The van der Waals surface area contributed by atoms with E-state index in [4.69, 9.17) is 0 Å². The van der Waals surface area contributed by atoms with E-state index in [1.807, 2.05) is 0 Å². The molecule has 2 aromatic carbocycles. The fourth-order valence-electron chi connectivity index (χ4n) is 6.41. The molecule has 2 atom stereocenters. The number of allylic oxidation sites excluding steroid dienone is 12. The quantitative estimate of drug-likeness (QED) is 0.335. The van der Waals surface area contributed by atoms with Gasteiger partial charge in [-0.1, -0.05) is 87.4 Å². The fraction of sp³-hybridized carbons (Fsp3) is 0.368. The zero-order chi connectivity index (χ0) is 26.2. The molecule has 0 saturated heterocycles. The van der Waals surface area contributed by atoms with Crippen LogP contribution in [0.1, 0.15) is 87.5 Å². The van der Waals surface area contributed by atoms with E-state index in [9.17, 15) is 0 Å². The Morgan fingerprint density at radius 1 is 0.634 bits per heavy atom. The summed E-state index contributed by atoms with van der Waals surface area (Å²) in [6.07, 6.45) is 32.4. The number of hydrogen-bond acceptors (Lipinski definition) is 0. The third-order valence-electron chi connectivity index (χ3n) is 8.70. The molecule has 0 radical (unpaired) electrons. The molecular formula is C38H42Cl2Zr. The SMILES string of the molecule is CCC(CCC1=CCc2ccccc21)C1=[C-]CC=C1.CCC(CCC1=CCc2ccccc21)C1=[C-]CC=C1.[Cl-].[Cl-].[Zr+4]. The minimum Gasteiger partial charge on any atom is -1.00 e. The number of hydrogen-bond donors (Lipinski definition) is 0. The summed E-state index contributed by atoms with van der Waals surface area (Å²) in [6, 6.07) is 17.7. The molecule has 0 aliphatic heterocycles. The van der Waals surface area contributed by atoms with Crippen LogP contribution < -0.4 is 24.8 Å². The summed E-state index contributed by atoms with van der Waals surface area (Å²) in [4.78, 5) is 0. The molecule has 41 heavy (non-hydrogen) atoms. The van der Waals surface area contributed by atoms with Crippen molar-refractivity contribution in [3.8, 4) is 0 Å². The second kappa shape index (κ2) is 18.1. The first-order valence-electron chi connectivity index (χ1n) is 14.9. The zero-order valence-corrected chi connectivity index (χ0v) is 28.5. The molecule has 2 unspecified atom stereocenters. The van der Waals surface area contributed by atoms with E-state index in [2.05, 4.69) is 111 Å². The third-order valence-corrected chi connectivity index (χ3v) is 8.70. The van der Waals surface area contributed by atoms with Crippen LogP contribution in [0.4, 0.5) is 0 Å². The van der Waals surface area contributed by atoms with Crippen LogP contribution in [0, 0.1) is 24.0 Å². The van der Waals surface area contributed by atoms with Crippen molar-refractivity contribution in [1.29, 1.82) is 0 Å². The first-order valence-corrected chi connectivity index (χ1v) is 14.9. The summed E-state index contributed by atoms with van der Waals surface area (Å²) in [5, 5.41) is 0. The van der Waals surface area contributed by atoms with Crippen LogP contribution in [0.25, 0.3) is 11.1 Å². The van der Waals surface area contributed by atoms with Gasteiger partial charge in [-0.05, 0) is 83.8 Å². The Morgan fingerprint density at radius 3 is 1.41 bits per heavy atom. The summed E-state index contributed by atoms with van der Waals surface area (Å²) >= 11 is 0. The van der Waals surface area contributed by atoms with Crippen molar-refractivity contribution in [2.24, 2.45) is 11.8 Å². The molecule has 0 bridgehead atoms. The van der Waals surface area contributed by atoms with Crippen molar-refractivity contribution < 1.29 is 51.0 Å². The molecule has 4 aliphatic rings. The minimum absolute atomic E-state index is 0. The van der Waals surface area contributed by atoms with E-state index >= 15 is 0 Å². The largest absolute Gasteiger partial charge is 4.00 e. The van der Waals surface area contributed by atoms with Crippen molar-refractivity contribution in [1.82, 2.24) is 0 Å². The summed E-state index contributed by atoms with van der Waals surface area (Å²) < 4.78 is 0. The Morgan fingerprint density at radius 2 is 1.05 bits per heavy atom. The molecule has 0 saturated carbocycles. The predicted octanol–water partition coefficient (Wildman–Crippen LogP) is 4.25. The Bertz CT molecular complexity index is 1210. The molecule has 0 nitrogen and oxygen atoms in total. The van der Waals surface area contributed by atoms with Gasteiger partial charge in [-0.3, -0.25) is 12.2 Å². The van der Waals surface area contributed by atoms with Crippen molar-refractivity contribution in [2.45, 2.75) is 78.1 Å². The Hall–Kier alpha value is -1.66. The normalized spacial score (nSPS) is 16.8. The first-order chi connectivity index (χ1) is 18.8. The van der Waals surface area contributed by atoms with Gasteiger partial charge >= 0.3 is 26.2 Å². The summed E-state index contributed by atoms with van der Waals surface area (Å²) in [6.45, 7) is 4.59. The summed E-state index contributed by atoms with van der Waals surface area (Å²) in [5.41, 5.74) is 11.9. The number of fused-ring (bicyclic) bond motifs is 2. The molecule has 0 spiro atoms. The Kier molecular flexibility index (Phi) is 15.7. The molecule has 4 aliphatic carbocycles. The number of rotatable bonds is 10. The monoisotopic (exact) mass is 658 g/mol. The van der Waals surface area contributed by atoms with Crippen molar-refractivity contribution in [3.05, 3.63) is 131 Å². The van der Waals surface area contributed by atoms with Gasteiger partial charge in [0.15, 0.2) is 0 Å². The van der Waals surface area contributed by atoms with Crippen LogP contribution in [0.3, 0.4) is 0 Å². The standard InChI is InChI=1S/2C19H21.2ClH.Zr/c2*1-2-15(16-7-3-4-8-16)11-12-18-14-13-17-9-5-6-10-19(17)18;;;/h2*3,5-7,9-10,14-15H,2,4,11-13H2,1H3;2*1H;/q2*-1;;;+4/p-2. The molecule has 0 fully saturated rings. The molecule has 0 amide bonds. The van der Waals surface area contributed by atoms with Gasteiger partial charge in [0, 0.05) is 0 Å². The smallest absolute Gasteiger partial charge is 1.00 e. The summed E-state index contributed by atoms with van der Waals surface area (Å²) in [7, 11) is 0. The number of halogens is 2. The molecule has 212 valence electrons. The maximum absolute atomic E-state index is 3.49. The zero-order valence-electron chi connectivity index (χ0n) is 24.6. The van der Waals surface area contributed by atoms with Gasteiger partial charge < -0.3 is 24.8 Å². The molecule has 3 heteroatoms. The van der Waals surface area contributed by atoms with Crippen LogP contribution in [0.5, 0.6) is 0 Å². The van der Waals surface area contributed by atoms with Gasteiger partial charge in [-0.2, -0.15) is 12.2 Å². The predicted molar refractivity (Wildman–Crippen MR) is 163 cm³/mol. The molecule has 2 aromatic rings. The Balaban J connectivity index is 0.000000267. The van der Waals surface area contributed by atoms with Gasteiger partial charge in [-0.15, -0.1) is 12.8 Å². The average Bonchev–Trinajstić information content (AvgIpc) is 3.78. The van der Waals surface area contributed by atoms with Crippen LogP contribution >= 0.6 is 0 Å². The van der Waals surface area contributed by atoms with Crippen molar-refractivity contribution in [3.63, 3.8) is 0 Å². The van der Waals surface area contributed by atoms with Crippen molar-refractivity contribution >= 4 is 11.1 Å². The van der Waals surface area contributed by atoms with Crippen LogP contribution in [-0.2, 0) is 39.0 Å². The van der Waals surface area contributed by atoms with Gasteiger partial charge in [0.05, 0.1) is 0 Å². The van der Waals surface area contributed by atoms with E-state index in [1.54, 1.807) is 11.1 Å². The molecule has 0 aromatic heterocycles. The van der Waals surface area contributed by atoms with Crippen molar-refractivity contribution in [2.75, 3.05) is 0 Å². The van der Waals surface area contributed by atoms with Gasteiger partial charge in [0.2, 0.25) is 0 Å². The first kappa shape index (κ1) is 35.5. The summed E-state index contributed by atoms with van der Waals surface area (Å²) in [5.74, 6) is 1.37. The second-order valence-electron chi connectivity index (χ2n) is 10.9. The molecule has 6 rings (SSSR count). The topological polar surface area (TPSA) is 0 Å². The average molecular weight is 661 g/mol. The maximum Gasteiger partial charge on any atom is 4.00 e. The molecule has 0 N–H and O–H groups in total. The Labute approximate surface area is 280 Å². The van der Waals surface area contributed by atoms with E-state index in [0.29, 0.717) is 11.8 Å². The van der Waals surface area contributed by atoms with Crippen LogP contribution in [-0.4, -0.2) is 0 Å². The van der Waals surface area contributed by atoms with E-state index in [1.165, 1.54) is 71.9 Å². The van der Waals surface area contributed by atoms with Crippen LogP contribution in [0.15, 0.2) is 96.1 Å². The van der Waals surface area contributed by atoms with Gasteiger partial charge in [0.1, 0.15) is 0 Å².